The van der Waals surface area contributed by atoms with Crippen molar-refractivity contribution in [2.24, 2.45) is 0 Å². The Morgan fingerprint density at radius 3 is 2.67 bits per heavy atom. The number of aromatic nitrogens is 2. The van der Waals surface area contributed by atoms with Gasteiger partial charge in [-0.15, -0.1) is 0 Å². The molecule has 0 unspecified atom stereocenters. The van der Waals surface area contributed by atoms with Gasteiger partial charge in [0.05, 0.1) is 23.3 Å². The van der Waals surface area contributed by atoms with Crippen LogP contribution in [0.2, 0.25) is 23.2 Å². The van der Waals surface area contributed by atoms with E-state index in [4.69, 9.17) is 16.0 Å². The largest absolute Gasteiger partial charge is 0.413 e. The van der Waals surface area contributed by atoms with Crippen molar-refractivity contribution >= 4 is 37.1 Å². The van der Waals surface area contributed by atoms with Crippen LogP contribution in [0.15, 0.2) is 12.3 Å². The molecule has 2 aromatic rings. The highest BCUT2D eigenvalue weighted by molar-refractivity contribution is 6.74. The molecule has 0 fully saturated rings. The van der Waals surface area contributed by atoms with Gasteiger partial charge in [-0.3, -0.25) is 9.89 Å². The Kier molecular flexibility index (Phi) is 4.28. The maximum Gasteiger partial charge on any atom is 0.192 e. The predicted molar refractivity (Wildman–Crippen MR) is 88.5 cm³/mol. The maximum absolute atomic E-state index is 11.4. The first-order valence-electron chi connectivity index (χ1n) is 6.91. The summed E-state index contributed by atoms with van der Waals surface area (Å²) < 4.78 is 6.23. The number of hydrogen-bond acceptors (Lipinski definition) is 3. The molecule has 0 spiro atoms. The lowest BCUT2D eigenvalue weighted by Gasteiger charge is -2.36. The third-order valence-electron chi connectivity index (χ3n) is 4.35. The Labute approximate surface area is 131 Å². The Bertz CT molecular complexity index is 674. The molecule has 1 heterocycles. The average molecular weight is 325 g/mol. The van der Waals surface area contributed by atoms with Crippen LogP contribution in [0.1, 0.15) is 36.7 Å². The van der Waals surface area contributed by atoms with E-state index >= 15 is 0 Å². The number of benzene rings is 1. The molecule has 1 aromatic heterocycles. The average Bonchev–Trinajstić information content (AvgIpc) is 2.81. The number of rotatable bonds is 4. The van der Waals surface area contributed by atoms with Crippen molar-refractivity contribution in [2.75, 3.05) is 0 Å². The van der Waals surface area contributed by atoms with E-state index in [9.17, 15) is 4.79 Å². The van der Waals surface area contributed by atoms with Gasteiger partial charge in [0.2, 0.25) is 0 Å². The number of carbonyl (C=O) groups is 1. The molecule has 0 aliphatic rings. The lowest BCUT2D eigenvalue weighted by atomic mass is 10.0. The summed E-state index contributed by atoms with van der Waals surface area (Å²) in [5.74, 6) is 0. The first-order chi connectivity index (χ1) is 9.67. The normalized spacial score (nSPS) is 12.9. The quantitative estimate of drug-likeness (QED) is 0.663. The van der Waals surface area contributed by atoms with E-state index in [0.29, 0.717) is 17.2 Å². The Balaban J connectivity index is 2.42. The molecule has 0 saturated heterocycles. The summed E-state index contributed by atoms with van der Waals surface area (Å²) in [4.78, 5) is 11.4. The number of hydrogen-bond donors (Lipinski definition) is 1. The number of aldehydes is 1. The summed E-state index contributed by atoms with van der Waals surface area (Å²) in [7, 11) is -1.90. The van der Waals surface area contributed by atoms with E-state index in [1.54, 1.807) is 12.3 Å². The molecule has 1 aromatic carbocycles. The molecule has 0 aliphatic carbocycles. The van der Waals surface area contributed by atoms with E-state index in [1.165, 1.54) is 0 Å². The van der Waals surface area contributed by atoms with Crippen LogP contribution in [0.4, 0.5) is 0 Å². The first kappa shape index (κ1) is 16.2. The summed E-state index contributed by atoms with van der Waals surface area (Å²) >= 11 is 6.18. The zero-order valence-electron chi connectivity index (χ0n) is 13.1. The SMILES string of the molecule is CC(C)(C)[Si](C)(C)OCc1c(C=O)c(Cl)cc2[nH]ncc12. The zero-order chi connectivity index (χ0) is 15.8. The van der Waals surface area contributed by atoms with Crippen LogP contribution in [-0.2, 0) is 11.0 Å². The summed E-state index contributed by atoms with van der Waals surface area (Å²) in [5.41, 5.74) is 2.12. The van der Waals surface area contributed by atoms with Crippen molar-refractivity contribution in [2.45, 2.75) is 45.5 Å². The summed E-state index contributed by atoms with van der Waals surface area (Å²) in [6.07, 6.45) is 2.50. The van der Waals surface area contributed by atoms with Gasteiger partial charge in [0.25, 0.3) is 0 Å². The van der Waals surface area contributed by atoms with Crippen molar-refractivity contribution in [1.29, 1.82) is 0 Å². The number of fused-ring (bicyclic) bond motifs is 1. The molecule has 1 N–H and O–H groups in total. The van der Waals surface area contributed by atoms with Gasteiger partial charge in [-0.05, 0) is 29.8 Å². The van der Waals surface area contributed by atoms with Crippen molar-refractivity contribution in [3.05, 3.63) is 28.4 Å². The maximum atomic E-state index is 11.4. The van der Waals surface area contributed by atoms with Crippen molar-refractivity contribution < 1.29 is 9.22 Å². The van der Waals surface area contributed by atoms with E-state index < -0.39 is 8.32 Å². The third kappa shape index (κ3) is 3.05. The minimum absolute atomic E-state index is 0.114. The fourth-order valence-corrected chi connectivity index (χ4v) is 3.10. The number of nitrogens with zero attached hydrogens (tertiary/aromatic N) is 1. The van der Waals surface area contributed by atoms with Gasteiger partial charge in [0.15, 0.2) is 14.6 Å². The predicted octanol–water partition coefficient (Wildman–Crippen LogP) is 4.55. The van der Waals surface area contributed by atoms with E-state index in [1.807, 2.05) is 0 Å². The fourth-order valence-electron chi connectivity index (χ4n) is 1.89. The van der Waals surface area contributed by atoms with Crippen LogP contribution < -0.4 is 0 Å². The number of carbonyl (C=O) groups excluding carboxylic acids is 1. The number of H-pyrrole nitrogens is 1. The van der Waals surface area contributed by atoms with E-state index in [0.717, 1.165) is 22.8 Å². The monoisotopic (exact) mass is 324 g/mol. The van der Waals surface area contributed by atoms with Gasteiger partial charge in [0, 0.05) is 10.9 Å². The molecule has 0 atom stereocenters. The highest BCUT2D eigenvalue weighted by atomic mass is 35.5. The molecule has 0 amide bonds. The molecule has 6 heteroatoms. The molecule has 0 saturated carbocycles. The third-order valence-corrected chi connectivity index (χ3v) is 9.14. The molecule has 21 heavy (non-hydrogen) atoms. The molecule has 0 aliphatic heterocycles. The van der Waals surface area contributed by atoms with Crippen molar-refractivity contribution in [1.82, 2.24) is 10.2 Å². The van der Waals surface area contributed by atoms with Crippen LogP contribution in [0, 0.1) is 0 Å². The van der Waals surface area contributed by atoms with Crippen LogP contribution in [0.3, 0.4) is 0 Å². The van der Waals surface area contributed by atoms with Gasteiger partial charge < -0.3 is 4.43 Å². The minimum atomic E-state index is -1.90. The highest BCUT2D eigenvalue weighted by Gasteiger charge is 2.37. The second kappa shape index (κ2) is 5.55. The molecule has 2 rings (SSSR count). The molecule has 0 radical (unpaired) electrons. The van der Waals surface area contributed by atoms with Gasteiger partial charge >= 0.3 is 0 Å². The molecular weight excluding hydrogens is 304 g/mol. The lowest BCUT2D eigenvalue weighted by Crippen LogP contribution is -2.40. The van der Waals surface area contributed by atoms with E-state index in [-0.39, 0.29) is 5.04 Å². The fraction of sp³-hybridized carbons (Fsp3) is 0.467. The standard InChI is InChI=1S/C15H21ClN2O2Si/c1-15(2,3)21(4,5)20-9-12-10-7-17-18-14(10)6-13(16)11(12)8-19/h6-8H,9H2,1-5H3,(H,17,18). The van der Waals surface area contributed by atoms with Crippen LogP contribution in [0.25, 0.3) is 10.9 Å². The van der Waals surface area contributed by atoms with E-state index in [2.05, 4.69) is 44.1 Å². The summed E-state index contributed by atoms with van der Waals surface area (Å²) in [6, 6.07) is 1.73. The lowest BCUT2D eigenvalue weighted by molar-refractivity contribution is 0.112. The van der Waals surface area contributed by atoms with Crippen LogP contribution in [-0.4, -0.2) is 24.8 Å². The number of halogens is 1. The Hall–Kier alpha value is -1.17. The summed E-state index contributed by atoms with van der Waals surface area (Å²) in [6.45, 7) is 11.3. The van der Waals surface area contributed by atoms with Crippen molar-refractivity contribution in [3.8, 4) is 0 Å². The van der Waals surface area contributed by atoms with Crippen LogP contribution in [0.5, 0.6) is 0 Å². The summed E-state index contributed by atoms with van der Waals surface area (Å²) in [5, 5.41) is 8.34. The van der Waals surface area contributed by atoms with Gasteiger partial charge in [-0.1, -0.05) is 32.4 Å². The highest BCUT2D eigenvalue weighted by Crippen LogP contribution is 2.38. The first-order valence-corrected chi connectivity index (χ1v) is 10.2. The molecule has 4 nitrogen and oxygen atoms in total. The van der Waals surface area contributed by atoms with Crippen LogP contribution >= 0.6 is 11.6 Å². The van der Waals surface area contributed by atoms with Gasteiger partial charge in [-0.2, -0.15) is 5.10 Å². The number of aromatic amines is 1. The Morgan fingerprint density at radius 1 is 1.43 bits per heavy atom. The topological polar surface area (TPSA) is 55.0 Å². The molecule has 0 bridgehead atoms. The van der Waals surface area contributed by atoms with Gasteiger partial charge in [0.1, 0.15) is 0 Å². The van der Waals surface area contributed by atoms with Crippen molar-refractivity contribution in [3.63, 3.8) is 0 Å². The number of nitrogens with one attached hydrogen (secondary N) is 1. The molecule has 114 valence electrons. The minimum Gasteiger partial charge on any atom is -0.413 e. The smallest absolute Gasteiger partial charge is 0.192 e. The second-order valence-electron chi connectivity index (χ2n) is 6.75. The Morgan fingerprint density at radius 2 is 2.10 bits per heavy atom. The molecular formula is C15H21ClN2O2Si. The van der Waals surface area contributed by atoms with Gasteiger partial charge in [-0.25, -0.2) is 0 Å². The zero-order valence-corrected chi connectivity index (χ0v) is 14.8. The second-order valence-corrected chi connectivity index (χ2v) is 12.0.